The quantitative estimate of drug-likeness (QED) is 0.697. The van der Waals surface area contributed by atoms with Gasteiger partial charge < -0.3 is 0 Å². The van der Waals surface area contributed by atoms with Crippen LogP contribution in [0.2, 0.25) is 0 Å². The Morgan fingerprint density at radius 1 is 1.12 bits per heavy atom. The molecule has 16 heavy (non-hydrogen) atoms. The molecule has 0 heterocycles. The summed E-state index contributed by atoms with van der Waals surface area (Å²) in [6.07, 6.45) is 10.9. The second kappa shape index (κ2) is 3.76. The van der Waals surface area contributed by atoms with Crippen LogP contribution in [0.25, 0.3) is 0 Å². The SMILES string of the molecule is CCC[C@@H](C#N)C12CC3CC(CC(C3)C1)C2. The lowest BCUT2D eigenvalue weighted by atomic mass is 9.46. The van der Waals surface area contributed by atoms with Gasteiger partial charge in [0.05, 0.1) is 12.0 Å². The van der Waals surface area contributed by atoms with Crippen molar-refractivity contribution in [1.29, 1.82) is 5.26 Å². The molecular formula is C15H23N. The van der Waals surface area contributed by atoms with Crippen molar-refractivity contribution in [2.24, 2.45) is 29.1 Å². The van der Waals surface area contributed by atoms with Crippen LogP contribution in [0, 0.1) is 40.4 Å². The fraction of sp³-hybridized carbons (Fsp3) is 0.933. The highest BCUT2D eigenvalue weighted by Crippen LogP contribution is 2.63. The van der Waals surface area contributed by atoms with Crippen molar-refractivity contribution in [2.45, 2.75) is 58.3 Å². The Morgan fingerprint density at radius 2 is 1.62 bits per heavy atom. The van der Waals surface area contributed by atoms with Crippen molar-refractivity contribution in [3.63, 3.8) is 0 Å². The van der Waals surface area contributed by atoms with Crippen molar-refractivity contribution in [2.75, 3.05) is 0 Å². The van der Waals surface area contributed by atoms with Gasteiger partial charge >= 0.3 is 0 Å². The fourth-order valence-corrected chi connectivity index (χ4v) is 5.40. The molecule has 4 saturated carbocycles. The summed E-state index contributed by atoms with van der Waals surface area (Å²) in [5.74, 6) is 3.32. The molecule has 0 N–H and O–H groups in total. The van der Waals surface area contributed by atoms with Gasteiger partial charge in [-0.25, -0.2) is 0 Å². The summed E-state index contributed by atoms with van der Waals surface area (Å²) in [6, 6.07) is 2.66. The van der Waals surface area contributed by atoms with Crippen LogP contribution in [0.1, 0.15) is 58.3 Å². The van der Waals surface area contributed by atoms with Crippen LogP contribution in [0.3, 0.4) is 0 Å². The van der Waals surface area contributed by atoms with E-state index in [2.05, 4.69) is 13.0 Å². The molecule has 0 spiro atoms. The highest BCUT2D eigenvalue weighted by atomic mass is 14.6. The molecule has 0 saturated heterocycles. The normalized spacial score (nSPS) is 46.6. The second-order valence-electron chi connectivity index (χ2n) is 6.75. The van der Waals surface area contributed by atoms with E-state index in [1.54, 1.807) is 0 Å². The van der Waals surface area contributed by atoms with Crippen molar-refractivity contribution >= 4 is 0 Å². The van der Waals surface area contributed by atoms with Crippen LogP contribution in [-0.4, -0.2) is 0 Å². The van der Waals surface area contributed by atoms with Gasteiger partial charge in [0.25, 0.3) is 0 Å². The Labute approximate surface area is 99.2 Å². The van der Waals surface area contributed by atoms with E-state index in [0.717, 1.165) is 24.2 Å². The molecule has 0 aromatic rings. The summed E-state index contributed by atoms with van der Waals surface area (Å²) in [5.41, 5.74) is 0.458. The van der Waals surface area contributed by atoms with Gasteiger partial charge in [-0.3, -0.25) is 0 Å². The van der Waals surface area contributed by atoms with Gasteiger partial charge in [-0.15, -0.1) is 0 Å². The molecule has 4 rings (SSSR count). The van der Waals surface area contributed by atoms with Gasteiger partial charge in [-0.05, 0) is 68.1 Å². The Balaban J connectivity index is 1.85. The summed E-state index contributed by atoms with van der Waals surface area (Å²) in [4.78, 5) is 0. The van der Waals surface area contributed by atoms with Crippen LogP contribution in [0.4, 0.5) is 0 Å². The third kappa shape index (κ3) is 1.50. The maximum atomic E-state index is 9.47. The third-order valence-corrected chi connectivity index (χ3v) is 5.56. The van der Waals surface area contributed by atoms with E-state index in [1.807, 2.05) is 0 Å². The van der Waals surface area contributed by atoms with Crippen LogP contribution < -0.4 is 0 Å². The standard InChI is InChI=1S/C15H23N/c1-2-3-14(10-16)15-7-11-4-12(8-15)6-13(5-11)9-15/h11-14H,2-9H2,1H3/t11?,12?,13?,14-,15?/m0/s1. The molecule has 0 radical (unpaired) electrons. The second-order valence-corrected chi connectivity index (χ2v) is 6.75. The van der Waals surface area contributed by atoms with E-state index in [4.69, 9.17) is 0 Å². The van der Waals surface area contributed by atoms with E-state index in [9.17, 15) is 5.26 Å². The lowest BCUT2D eigenvalue weighted by molar-refractivity contribution is -0.0762. The topological polar surface area (TPSA) is 23.8 Å². The van der Waals surface area contributed by atoms with E-state index < -0.39 is 0 Å². The Morgan fingerprint density at radius 3 is 2.00 bits per heavy atom. The highest BCUT2D eigenvalue weighted by molar-refractivity contribution is 5.08. The monoisotopic (exact) mass is 217 g/mol. The molecule has 1 nitrogen and oxygen atoms in total. The van der Waals surface area contributed by atoms with Gasteiger partial charge in [-0.1, -0.05) is 13.3 Å². The van der Waals surface area contributed by atoms with E-state index in [-0.39, 0.29) is 0 Å². The maximum Gasteiger partial charge on any atom is 0.0661 e. The minimum absolute atomic E-state index is 0.367. The van der Waals surface area contributed by atoms with E-state index >= 15 is 0 Å². The van der Waals surface area contributed by atoms with Gasteiger partial charge in [0.1, 0.15) is 0 Å². The minimum Gasteiger partial charge on any atom is -0.198 e. The molecule has 0 aromatic heterocycles. The molecule has 1 heteroatoms. The molecule has 88 valence electrons. The summed E-state index contributed by atoms with van der Waals surface area (Å²) < 4.78 is 0. The van der Waals surface area contributed by atoms with Crippen LogP contribution in [-0.2, 0) is 0 Å². The molecule has 1 atom stereocenters. The average Bonchev–Trinajstić information content (AvgIpc) is 2.23. The first kappa shape index (κ1) is 10.6. The first-order valence-electron chi connectivity index (χ1n) is 7.15. The van der Waals surface area contributed by atoms with E-state index in [0.29, 0.717) is 11.3 Å². The van der Waals surface area contributed by atoms with Gasteiger partial charge in [-0.2, -0.15) is 5.26 Å². The van der Waals surface area contributed by atoms with Gasteiger partial charge in [0.15, 0.2) is 0 Å². The molecule has 0 aromatic carbocycles. The number of rotatable bonds is 3. The molecule has 4 bridgehead atoms. The van der Waals surface area contributed by atoms with Crippen molar-refractivity contribution in [1.82, 2.24) is 0 Å². The molecule has 0 unspecified atom stereocenters. The first-order valence-corrected chi connectivity index (χ1v) is 7.15. The minimum atomic E-state index is 0.367. The highest BCUT2D eigenvalue weighted by Gasteiger charge is 2.53. The van der Waals surface area contributed by atoms with Gasteiger partial charge in [0.2, 0.25) is 0 Å². The van der Waals surface area contributed by atoms with Crippen molar-refractivity contribution < 1.29 is 0 Å². The van der Waals surface area contributed by atoms with Crippen LogP contribution in [0.5, 0.6) is 0 Å². The van der Waals surface area contributed by atoms with Crippen molar-refractivity contribution in [3.8, 4) is 6.07 Å². The summed E-state index contributed by atoms with van der Waals surface area (Å²) in [5, 5.41) is 9.47. The van der Waals surface area contributed by atoms with E-state index in [1.165, 1.54) is 44.9 Å². The number of nitriles is 1. The number of nitrogens with zero attached hydrogens (tertiary/aromatic N) is 1. The molecule has 4 fully saturated rings. The Hall–Kier alpha value is -0.510. The lowest BCUT2D eigenvalue weighted by Crippen LogP contribution is -2.49. The average molecular weight is 217 g/mol. The summed E-state index contributed by atoms with van der Waals surface area (Å²) in [7, 11) is 0. The zero-order chi connectivity index (χ0) is 11.2. The molecular weight excluding hydrogens is 194 g/mol. The molecule has 0 aliphatic heterocycles. The predicted octanol–water partition coefficient (Wildman–Crippen LogP) is 4.14. The molecule has 4 aliphatic rings. The van der Waals surface area contributed by atoms with Crippen molar-refractivity contribution in [3.05, 3.63) is 0 Å². The Bertz CT molecular complexity index is 277. The zero-order valence-electron chi connectivity index (χ0n) is 10.4. The molecule has 4 aliphatic carbocycles. The van der Waals surface area contributed by atoms with Gasteiger partial charge in [0, 0.05) is 0 Å². The summed E-state index contributed by atoms with van der Waals surface area (Å²) in [6.45, 7) is 2.23. The fourth-order valence-electron chi connectivity index (χ4n) is 5.40. The predicted molar refractivity (Wildman–Crippen MR) is 64.6 cm³/mol. The maximum absolute atomic E-state index is 9.47. The largest absolute Gasteiger partial charge is 0.198 e. The summed E-state index contributed by atoms with van der Waals surface area (Å²) >= 11 is 0. The first-order chi connectivity index (χ1) is 7.75. The Kier molecular flexibility index (Phi) is 2.50. The lowest BCUT2D eigenvalue weighted by Gasteiger charge is -2.58. The smallest absolute Gasteiger partial charge is 0.0661 e. The number of hydrogen-bond donors (Lipinski definition) is 0. The number of hydrogen-bond acceptors (Lipinski definition) is 1. The zero-order valence-corrected chi connectivity index (χ0v) is 10.4. The van der Waals surface area contributed by atoms with Crippen LogP contribution in [0.15, 0.2) is 0 Å². The molecule has 0 amide bonds. The van der Waals surface area contributed by atoms with Crippen LogP contribution >= 0.6 is 0 Å². The third-order valence-electron chi connectivity index (χ3n) is 5.56.